The third-order valence-electron chi connectivity index (χ3n) is 5.03. The molecule has 0 saturated heterocycles. The van der Waals surface area contributed by atoms with E-state index in [0.29, 0.717) is 40.6 Å². The molecule has 34 heavy (non-hydrogen) atoms. The molecular weight excluding hydrogens is 440 g/mol. The van der Waals surface area contributed by atoms with Crippen molar-refractivity contribution in [1.29, 1.82) is 0 Å². The van der Waals surface area contributed by atoms with E-state index in [1.54, 1.807) is 42.2 Å². The number of aryl methyl sites for hydroxylation is 1. The summed E-state index contributed by atoms with van der Waals surface area (Å²) in [5.41, 5.74) is 2.57. The van der Waals surface area contributed by atoms with Crippen LogP contribution in [0.4, 0.5) is 17.2 Å². The van der Waals surface area contributed by atoms with E-state index in [1.165, 1.54) is 12.4 Å². The molecule has 0 radical (unpaired) electrons. The van der Waals surface area contributed by atoms with Gasteiger partial charge in [-0.25, -0.2) is 15.0 Å². The molecule has 3 aromatic heterocycles. The van der Waals surface area contributed by atoms with Gasteiger partial charge >= 0.3 is 5.69 Å². The molecule has 0 fully saturated rings. The highest BCUT2D eigenvalue weighted by Crippen LogP contribution is 2.35. The lowest BCUT2D eigenvalue weighted by atomic mass is 10.1. The maximum absolute atomic E-state index is 11.5. The van der Waals surface area contributed by atoms with Crippen LogP contribution in [0.1, 0.15) is 12.5 Å². The lowest BCUT2D eigenvalue weighted by molar-refractivity contribution is -0.385. The number of fused-ring (bicyclic) bond motifs is 2. The van der Waals surface area contributed by atoms with E-state index >= 15 is 0 Å². The van der Waals surface area contributed by atoms with Crippen molar-refractivity contribution in [3.8, 4) is 17.4 Å². The monoisotopic (exact) mass is 458 g/mol. The number of anilines is 2. The molecule has 0 aliphatic rings. The second-order valence-corrected chi connectivity index (χ2v) is 7.28. The second-order valence-electron chi connectivity index (χ2n) is 7.28. The summed E-state index contributed by atoms with van der Waals surface area (Å²) in [6.45, 7) is 3.96. The van der Waals surface area contributed by atoms with Gasteiger partial charge in [-0.2, -0.15) is 0 Å². The van der Waals surface area contributed by atoms with Crippen molar-refractivity contribution in [1.82, 2.24) is 29.5 Å². The molecule has 0 bridgehead atoms. The standard InChI is InChI=1S/C22H18N8O4/c1-3-33-19-8-16-15(7-17(19)30(31)32)22(24-10-23-16)27-14-4-5-18(13(2)6-14)34-21-9-20-28-26-12-29(20)11-25-21/h4-12H,3H2,1-2H3,(H,23,24,27). The van der Waals surface area contributed by atoms with Gasteiger partial charge in [0.05, 0.1) is 22.4 Å². The Balaban J connectivity index is 1.43. The minimum absolute atomic E-state index is 0.149. The Kier molecular flexibility index (Phi) is 5.30. The largest absolute Gasteiger partial charge is 0.487 e. The Labute approximate surface area is 192 Å². The summed E-state index contributed by atoms with van der Waals surface area (Å²) in [6.07, 6.45) is 4.52. The van der Waals surface area contributed by atoms with Crippen LogP contribution in [0.25, 0.3) is 16.6 Å². The van der Waals surface area contributed by atoms with Crippen molar-refractivity contribution in [3.63, 3.8) is 0 Å². The molecule has 2 aromatic carbocycles. The first-order chi connectivity index (χ1) is 16.5. The molecule has 0 amide bonds. The van der Waals surface area contributed by atoms with Gasteiger partial charge in [0.2, 0.25) is 5.88 Å². The fourth-order valence-electron chi connectivity index (χ4n) is 3.44. The quantitative estimate of drug-likeness (QED) is 0.278. The number of nitrogens with zero attached hydrogens (tertiary/aromatic N) is 7. The van der Waals surface area contributed by atoms with Gasteiger partial charge in [-0.1, -0.05) is 0 Å². The van der Waals surface area contributed by atoms with Crippen LogP contribution < -0.4 is 14.8 Å². The molecular formula is C22H18N8O4. The zero-order chi connectivity index (χ0) is 23.7. The fraction of sp³-hybridized carbons (Fsp3) is 0.136. The third-order valence-corrected chi connectivity index (χ3v) is 5.03. The van der Waals surface area contributed by atoms with Gasteiger partial charge in [0.15, 0.2) is 11.4 Å². The summed E-state index contributed by atoms with van der Waals surface area (Å²) in [5, 5.41) is 23.1. The Morgan fingerprint density at radius 2 is 1.97 bits per heavy atom. The molecule has 5 rings (SSSR count). The Hall–Kier alpha value is -4.87. The highest BCUT2D eigenvalue weighted by atomic mass is 16.6. The first-order valence-electron chi connectivity index (χ1n) is 10.3. The van der Waals surface area contributed by atoms with Crippen LogP contribution in [-0.2, 0) is 0 Å². The number of ether oxygens (including phenoxy) is 2. The zero-order valence-corrected chi connectivity index (χ0v) is 18.2. The van der Waals surface area contributed by atoms with Crippen molar-refractivity contribution in [3.05, 3.63) is 71.1 Å². The average molecular weight is 458 g/mol. The topological polar surface area (TPSA) is 142 Å². The van der Waals surface area contributed by atoms with E-state index in [0.717, 1.165) is 11.3 Å². The van der Waals surface area contributed by atoms with Crippen molar-refractivity contribution in [2.75, 3.05) is 11.9 Å². The van der Waals surface area contributed by atoms with Crippen LogP contribution >= 0.6 is 0 Å². The van der Waals surface area contributed by atoms with Crippen LogP contribution in [0.5, 0.6) is 17.4 Å². The Morgan fingerprint density at radius 1 is 1.09 bits per heavy atom. The normalized spacial score (nSPS) is 11.0. The molecule has 3 heterocycles. The van der Waals surface area contributed by atoms with Gasteiger partial charge in [-0.15, -0.1) is 10.2 Å². The van der Waals surface area contributed by atoms with Crippen LogP contribution in [0.15, 0.2) is 55.4 Å². The summed E-state index contributed by atoms with van der Waals surface area (Å²) in [6, 6.07) is 10.1. The molecule has 12 heteroatoms. The average Bonchev–Trinajstić information content (AvgIpc) is 3.29. The number of hydrogen-bond acceptors (Lipinski definition) is 10. The smallest absolute Gasteiger partial charge is 0.311 e. The molecule has 1 N–H and O–H groups in total. The van der Waals surface area contributed by atoms with Crippen LogP contribution in [0, 0.1) is 17.0 Å². The molecule has 0 atom stereocenters. The maximum Gasteiger partial charge on any atom is 0.311 e. The van der Waals surface area contributed by atoms with Crippen molar-refractivity contribution in [2.24, 2.45) is 0 Å². The van der Waals surface area contributed by atoms with Gasteiger partial charge in [-0.05, 0) is 37.6 Å². The fourth-order valence-corrected chi connectivity index (χ4v) is 3.44. The molecule has 12 nitrogen and oxygen atoms in total. The number of aromatic nitrogens is 6. The highest BCUT2D eigenvalue weighted by molar-refractivity contribution is 5.93. The minimum Gasteiger partial charge on any atom is -0.487 e. The van der Waals surface area contributed by atoms with Gasteiger partial charge in [0, 0.05) is 23.9 Å². The summed E-state index contributed by atoms with van der Waals surface area (Å²) in [4.78, 5) is 23.8. The number of nitro benzene ring substituents is 1. The first-order valence-corrected chi connectivity index (χ1v) is 10.3. The number of benzene rings is 2. The molecule has 0 aliphatic carbocycles. The molecule has 0 saturated carbocycles. The number of nitrogens with one attached hydrogen (secondary N) is 1. The summed E-state index contributed by atoms with van der Waals surface area (Å²) in [5.74, 6) is 1.61. The molecule has 0 unspecified atom stereocenters. The SMILES string of the molecule is CCOc1cc2ncnc(Nc3ccc(Oc4cc5nncn5cn4)c(C)c3)c2cc1[N+](=O)[O-]. The van der Waals surface area contributed by atoms with Gasteiger partial charge in [0.25, 0.3) is 0 Å². The van der Waals surface area contributed by atoms with Gasteiger partial charge in [0.1, 0.15) is 30.5 Å². The summed E-state index contributed by atoms with van der Waals surface area (Å²) in [7, 11) is 0. The zero-order valence-electron chi connectivity index (χ0n) is 18.2. The van der Waals surface area contributed by atoms with Crippen molar-refractivity contribution in [2.45, 2.75) is 13.8 Å². The van der Waals surface area contributed by atoms with E-state index in [9.17, 15) is 10.1 Å². The first kappa shape index (κ1) is 21.0. The Bertz CT molecular complexity index is 1530. The van der Waals surface area contributed by atoms with Crippen molar-refractivity contribution < 1.29 is 14.4 Å². The second kappa shape index (κ2) is 8.58. The molecule has 0 aliphatic heterocycles. The van der Waals surface area contributed by atoms with Crippen LogP contribution in [-0.4, -0.2) is 41.1 Å². The van der Waals surface area contributed by atoms with E-state index in [4.69, 9.17) is 9.47 Å². The predicted molar refractivity (Wildman–Crippen MR) is 123 cm³/mol. The predicted octanol–water partition coefficient (Wildman–Crippen LogP) is 4.22. The lowest BCUT2D eigenvalue weighted by Gasteiger charge is -2.12. The summed E-state index contributed by atoms with van der Waals surface area (Å²) >= 11 is 0. The molecule has 5 aromatic rings. The molecule has 170 valence electrons. The maximum atomic E-state index is 11.5. The van der Waals surface area contributed by atoms with E-state index in [-0.39, 0.29) is 11.4 Å². The summed E-state index contributed by atoms with van der Waals surface area (Å²) < 4.78 is 13.0. The van der Waals surface area contributed by atoms with Crippen molar-refractivity contribution >= 4 is 33.7 Å². The Morgan fingerprint density at radius 3 is 2.76 bits per heavy atom. The highest BCUT2D eigenvalue weighted by Gasteiger charge is 2.19. The number of nitro groups is 1. The van der Waals surface area contributed by atoms with E-state index in [2.05, 4.69) is 30.5 Å². The van der Waals surface area contributed by atoms with Crippen LogP contribution in [0.3, 0.4) is 0 Å². The lowest BCUT2D eigenvalue weighted by Crippen LogP contribution is -2.01. The van der Waals surface area contributed by atoms with E-state index in [1.807, 2.05) is 19.1 Å². The van der Waals surface area contributed by atoms with E-state index < -0.39 is 4.92 Å². The third kappa shape index (κ3) is 3.99. The van der Waals surface area contributed by atoms with Crippen LogP contribution in [0.2, 0.25) is 0 Å². The minimum atomic E-state index is -0.484. The van der Waals surface area contributed by atoms with Gasteiger partial charge in [-0.3, -0.25) is 14.5 Å². The molecule has 0 spiro atoms. The van der Waals surface area contributed by atoms with Gasteiger partial charge < -0.3 is 14.8 Å². The number of rotatable bonds is 7. The number of hydrogen-bond donors (Lipinski definition) is 1.